The first-order valence-corrected chi connectivity index (χ1v) is 9.48. The van der Waals surface area contributed by atoms with Crippen LogP contribution in [0.15, 0.2) is 24.5 Å². The summed E-state index contributed by atoms with van der Waals surface area (Å²) >= 11 is 1.66. The molecule has 2 unspecified atom stereocenters. The lowest BCUT2D eigenvalue weighted by atomic mass is 10.1. The van der Waals surface area contributed by atoms with Crippen LogP contribution < -0.4 is 4.90 Å². The fourth-order valence-electron chi connectivity index (χ4n) is 4.06. The zero-order valence-electron chi connectivity index (χ0n) is 14.6. The molecule has 0 aromatic carbocycles. The number of nitrogens with zero attached hydrogens (tertiary/aromatic N) is 4. The molecule has 6 nitrogen and oxygen atoms in total. The van der Waals surface area contributed by atoms with E-state index in [0.717, 1.165) is 34.6 Å². The molecule has 5 rings (SSSR count). The molecule has 132 valence electrons. The number of carbonyl (C=O) groups is 1. The van der Waals surface area contributed by atoms with Gasteiger partial charge < -0.3 is 10.0 Å². The molecule has 1 saturated heterocycles. The molecule has 0 amide bonds. The molecule has 7 heteroatoms. The minimum atomic E-state index is -0.680. The van der Waals surface area contributed by atoms with Crippen molar-refractivity contribution < 1.29 is 9.90 Å². The number of aromatic nitrogens is 3. The van der Waals surface area contributed by atoms with Crippen molar-refractivity contribution in [3.05, 3.63) is 35.0 Å². The summed E-state index contributed by atoms with van der Waals surface area (Å²) in [6.45, 7) is 5.46. The second kappa shape index (κ2) is 5.23. The number of anilines is 1. The Kier molecular flexibility index (Phi) is 3.16. The first kappa shape index (κ1) is 15.7. The molecule has 2 aliphatic rings. The van der Waals surface area contributed by atoms with E-state index >= 15 is 0 Å². The van der Waals surface area contributed by atoms with Crippen LogP contribution in [0.2, 0.25) is 0 Å². The Morgan fingerprint density at radius 2 is 2.23 bits per heavy atom. The van der Waals surface area contributed by atoms with Gasteiger partial charge >= 0.3 is 5.97 Å². The predicted molar refractivity (Wildman–Crippen MR) is 101 cm³/mol. The van der Waals surface area contributed by atoms with Crippen molar-refractivity contribution in [1.29, 1.82) is 0 Å². The van der Waals surface area contributed by atoms with Gasteiger partial charge in [0.15, 0.2) is 5.82 Å². The topological polar surface area (TPSA) is 79.2 Å². The van der Waals surface area contributed by atoms with Crippen LogP contribution in [0.3, 0.4) is 0 Å². The summed E-state index contributed by atoms with van der Waals surface area (Å²) in [7, 11) is 0. The van der Waals surface area contributed by atoms with Crippen molar-refractivity contribution in [3.8, 4) is 11.4 Å². The zero-order valence-corrected chi connectivity index (χ0v) is 15.4. The fraction of sp³-hybridized carbons (Fsp3) is 0.368. The summed E-state index contributed by atoms with van der Waals surface area (Å²) in [5.74, 6) is 1.06. The van der Waals surface area contributed by atoms with Gasteiger partial charge in [0, 0.05) is 35.9 Å². The van der Waals surface area contributed by atoms with Gasteiger partial charge in [0.1, 0.15) is 10.6 Å². The molecular formula is C19H18N4O2S. The molecule has 3 aromatic rings. The summed E-state index contributed by atoms with van der Waals surface area (Å²) in [4.78, 5) is 29.8. The summed E-state index contributed by atoms with van der Waals surface area (Å²) in [5, 5.41) is 10.7. The Hall–Kier alpha value is -2.54. The van der Waals surface area contributed by atoms with Crippen molar-refractivity contribution >= 4 is 33.3 Å². The Bertz CT molecular complexity index is 1050. The van der Waals surface area contributed by atoms with Gasteiger partial charge in [0.05, 0.1) is 10.8 Å². The van der Waals surface area contributed by atoms with E-state index in [4.69, 9.17) is 9.97 Å². The number of rotatable bonds is 3. The Balaban J connectivity index is 1.67. The fourth-order valence-corrected chi connectivity index (χ4v) is 5.08. The minimum absolute atomic E-state index is 0.229. The highest BCUT2D eigenvalue weighted by molar-refractivity contribution is 7.18. The molecule has 4 heterocycles. The number of piperidine rings is 1. The minimum Gasteiger partial charge on any atom is -0.481 e. The lowest BCUT2D eigenvalue weighted by Gasteiger charge is -2.22. The van der Waals surface area contributed by atoms with E-state index in [1.165, 1.54) is 10.4 Å². The predicted octanol–water partition coefficient (Wildman–Crippen LogP) is 3.28. The average molecular weight is 366 g/mol. The number of hydrogen-bond acceptors (Lipinski definition) is 6. The van der Waals surface area contributed by atoms with Crippen LogP contribution in [-0.2, 0) is 4.79 Å². The van der Waals surface area contributed by atoms with Gasteiger partial charge in [-0.15, -0.1) is 11.3 Å². The lowest BCUT2D eigenvalue weighted by Crippen LogP contribution is -2.29. The smallest absolute Gasteiger partial charge is 0.311 e. The van der Waals surface area contributed by atoms with Gasteiger partial charge in [-0.2, -0.15) is 0 Å². The summed E-state index contributed by atoms with van der Waals surface area (Å²) < 4.78 is 0. The summed E-state index contributed by atoms with van der Waals surface area (Å²) in [6.07, 6.45) is 4.27. The lowest BCUT2D eigenvalue weighted by molar-refractivity contribution is -0.143. The van der Waals surface area contributed by atoms with E-state index < -0.39 is 11.4 Å². The molecular weight excluding hydrogens is 348 g/mol. The van der Waals surface area contributed by atoms with Gasteiger partial charge in [0.2, 0.25) is 0 Å². The van der Waals surface area contributed by atoms with Gasteiger partial charge in [-0.1, -0.05) is 0 Å². The average Bonchev–Trinajstić information content (AvgIpc) is 3.09. The number of thiophene rings is 1. The highest BCUT2D eigenvalue weighted by Crippen LogP contribution is 2.59. The number of aliphatic carboxylic acids is 1. The van der Waals surface area contributed by atoms with E-state index in [2.05, 4.69) is 23.7 Å². The number of hydrogen-bond donors (Lipinski definition) is 1. The van der Waals surface area contributed by atoms with Crippen molar-refractivity contribution in [3.63, 3.8) is 0 Å². The van der Waals surface area contributed by atoms with Crippen molar-refractivity contribution in [2.75, 3.05) is 18.0 Å². The normalized spacial score (nSPS) is 24.1. The summed E-state index contributed by atoms with van der Waals surface area (Å²) in [5.41, 5.74) is 1.48. The molecule has 2 fully saturated rings. The maximum Gasteiger partial charge on any atom is 0.311 e. The largest absolute Gasteiger partial charge is 0.481 e. The number of carboxylic acids is 1. The van der Waals surface area contributed by atoms with E-state index in [9.17, 15) is 9.90 Å². The molecule has 1 aliphatic carbocycles. The van der Waals surface area contributed by atoms with Crippen LogP contribution in [0, 0.1) is 25.2 Å². The van der Waals surface area contributed by atoms with Crippen LogP contribution in [-0.4, -0.2) is 39.1 Å². The Morgan fingerprint density at radius 1 is 1.38 bits per heavy atom. The molecule has 26 heavy (non-hydrogen) atoms. The van der Waals surface area contributed by atoms with Gasteiger partial charge in [-0.05, 0) is 43.9 Å². The second-order valence-electron chi connectivity index (χ2n) is 7.32. The molecule has 0 spiro atoms. The second-order valence-corrected chi connectivity index (χ2v) is 8.52. The van der Waals surface area contributed by atoms with Crippen molar-refractivity contribution in [1.82, 2.24) is 15.0 Å². The Labute approximate surface area is 154 Å². The van der Waals surface area contributed by atoms with Crippen LogP contribution in [0.4, 0.5) is 5.82 Å². The third kappa shape index (κ3) is 2.10. The van der Waals surface area contributed by atoms with Gasteiger partial charge in [-0.3, -0.25) is 9.78 Å². The van der Waals surface area contributed by atoms with Crippen LogP contribution >= 0.6 is 11.3 Å². The molecule has 1 aliphatic heterocycles. The molecule has 0 radical (unpaired) electrons. The van der Waals surface area contributed by atoms with Crippen molar-refractivity contribution in [2.45, 2.75) is 20.3 Å². The molecule has 2 atom stereocenters. The molecule has 1 N–H and O–H groups in total. The van der Waals surface area contributed by atoms with E-state index in [1.54, 1.807) is 23.7 Å². The summed E-state index contributed by atoms with van der Waals surface area (Å²) in [6, 6.07) is 3.82. The number of fused-ring (bicyclic) bond motifs is 2. The van der Waals surface area contributed by atoms with Crippen molar-refractivity contribution in [2.24, 2.45) is 11.3 Å². The van der Waals surface area contributed by atoms with Gasteiger partial charge in [0.25, 0.3) is 0 Å². The number of carboxylic acid groups (broad SMARTS) is 1. The highest BCUT2D eigenvalue weighted by atomic mass is 32.1. The number of aryl methyl sites for hydroxylation is 2. The third-order valence-corrected chi connectivity index (χ3v) is 6.90. The molecule has 1 saturated carbocycles. The SMILES string of the molecule is Cc1sc2nc(-c3cccnc3)nc(N3CC4CC4(C(=O)O)C3)c2c1C. The van der Waals surface area contributed by atoms with E-state index in [1.807, 2.05) is 12.1 Å². The monoisotopic (exact) mass is 366 g/mol. The number of pyridine rings is 1. The van der Waals surface area contributed by atoms with E-state index in [0.29, 0.717) is 12.4 Å². The first-order valence-electron chi connectivity index (χ1n) is 8.66. The van der Waals surface area contributed by atoms with Crippen LogP contribution in [0.1, 0.15) is 16.9 Å². The van der Waals surface area contributed by atoms with Crippen LogP contribution in [0.25, 0.3) is 21.6 Å². The van der Waals surface area contributed by atoms with E-state index in [-0.39, 0.29) is 5.92 Å². The molecule has 3 aromatic heterocycles. The Morgan fingerprint density at radius 3 is 2.92 bits per heavy atom. The first-order chi connectivity index (χ1) is 12.5. The quantitative estimate of drug-likeness (QED) is 0.766. The maximum absolute atomic E-state index is 11.7. The van der Waals surface area contributed by atoms with Gasteiger partial charge in [-0.25, -0.2) is 9.97 Å². The van der Waals surface area contributed by atoms with Crippen LogP contribution in [0.5, 0.6) is 0 Å². The standard InChI is InChI=1S/C19H18N4O2S/c1-10-11(2)26-17-14(10)16(21-15(22-17)12-4-3-5-20-7-12)23-8-13-6-19(13,9-23)18(24)25/h3-5,7,13H,6,8-9H2,1-2H3,(H,24,25). The third-order valence-electron chi connectivity index (χ3n) is 5.80. The molecule has 0 bridgehead atoms. The highest BCUT2D eigenvalue weighted by Gasteiger charge is 2.65. The maximum atomic E-state index is 11.7. The zero-order chi connectivity index (χ0) is 18.1.